The number of anilines is 1. The lowest BCUT2D eigenvalue weighted by molar-refractivity contribution is 0.142. The second-order valence-corrected chi connectivity index (χ2v) is 6.15. The van der Waals surface area contributed by atoms with E-state index in [4.69, 9.17) is 0 Å². The topological polar surface area (TPSA) is 57.6 Å². The second-order valence-electron chi connectivity index (χ2n) is 6.15. The molecule has 132 valence electrons. The standard InChI is InChI=1S/C18H21FN4O2/c1-21-13-15(6-7-17(21)24)20-18(25)23-10-8-22(9-11-23)12-14-4-2-3-5-16(14)19/h2-7,13H,8-12H2,1H3,(H,20,25). The van der Waals surface area contributed by atoms with Gasteiger partial charge in [-0.25, -0.2) is 9.18 Å². The van der Waals surface area contributed by atoms with Gasteiger partial charge < -0.3 is 14.8 Å². The van der Waals surface area contributed by atoms with Gasteiger partial charge in [0.05, 0.1) is 5.69 Å². The van der Waals surface area contributed by atoms with Gasteiger partial charge in [-0.2, -0.15) is 0 Å². The Bertz CT molecular complexity index is 813. The van der Waals surface area contributed by atoms with Crippen molar-refractivity contribution in [2.75, 3.05) is 31.5 Å². The highest BCUT2D eigenvalue weighted by atomic mass is 19.1. The molecule has 1 aliphatic heterocycles. The van der Waals surface area contributed by atoms with E-state index in [2.05, 4.69) is 10.2 Å². The lowest BCUT2D eigenvalue weighted by atomic mass is 10.2. The van der Waals surface area contributed by atoms with Crippen LogP contribution in [-0.2, 0) is 13.6 Å². The van der Waals surface area contributed by atoms with Crippen molar-refractivity contribution in [1.82, 2.24) is 14.4 Å². The van der Waals surface area contributed by atoms with Gasteiger partial charge in [0.15, 0.2) is 0 Å². The summed E-state index contributed by atoms with van der Waals surface area (Å²) in [6.07, 6.45) is 1.59. The normalized spacial score (nSPS) is 15.2. The summed E-state index contributed by atoms with van der Waals surface area (Å²) < 4.78 is 15.1. The van der Waals surface area contributed by atoms with Gasteiger partial charge >= 0.3 is 6.03 Å². The van der Waals surface area contributed by atoms with E-state index < -0.39 is 0 Å². The first kappa shape index (κ1) is 17.2. The molecular weight excluding hydrogens is 323 g/mol. The van der Waals surface area contributed by atoms with E-state index in [9.17, 15) is 14.0 Å². The van der Waals surface area contributed by atoms with Gasteiger partial charge in [-0.15, -0.1) is 0 Å². The van der Waals surface area contributed by atoms with Crippen molar-refractivity contribution in [2.24, 2.45) is 7.05 Å². The Labute approximate surface area is 145 Å². The van der Waals surface area contributed by atoms with Crippen LogP contribution in [0.3, 0.4) is 0 Å². The van der Waals surface area contributed by atoms with E-state index in [1.165, 1.54) is 16.7 Å². The number of pyridine rings is 1. The highest BCUT2D eigenvalue weighted by Gasteiger charge is 2.21. The monoisotopic (exact) mass is 344 g/mol. The molecule has 6 nitrogen and oxygen atoms in total. The fraction of sp³-hybridized carbons (Fsp3) is 0.333. The molecule has 1 saturated heterocycles. The molecule has 1 aromatic heterocycles. The quantitative estimate of drug-likeness (QED) is 0.925. The van der Waals surface area contributed by atoms with Crippen molar-refractivity contribution in [3.8, 4) is 0 Å². The predicted octanol–water partition coefficient (Wildman–Crippen LogP) is 1.87. The van der Waals surface area contributed by atoms with Crippen LogP contribution in [0.1, 0.15) is 5.56 Å². The third kappa shape index (κ3) is 4.24. The van der Waals surface area contributed by atoms with Gasteiger partial charge in [-0.3, -0.25) is 9.69 Å². The Morgan fingerprint density at radius 1 is 1.12 bits per heavy atom. The minimum absolute atomic E-state index is 0.125. The molecule has 2 amide bonds. The molecule has 2 aromatic rings. The number of urea groups is 1. The van der Waals surface area contributed by atoms with E-state index in [1.807, 2.05) is 6.07 Å². The minimum Gasteiger partial charge on any atom is -0.322 e. The van der Waals surface area contributed by atoms with Crippen molar-refractivity contribution in [2.45, 2.75) is 6.54 Å². The van der Waals surface area contributed by atoms with E-state index in [-0.39, 0.29) is 17.4 Å². The molecule has 25 heavy (non-hydrogen) atoms. The van der Waals surface area contributed by atoms with Crippen LogP contribution in [0.25, 0.3) is 0 Å². The van der Waals surface area contributed by atoms with Crippen LogP contribution in [0.15, 0.2) is 47.4 Å². The SMILES string of the molecule is Cn1cc(NC(=O)N2CCN(Cc3ccccc3F)CC2)ccc1=O. The van der Waals surface area contributed by atoms with Crippen LogP contribution in [-0.4, -0.2) is 46.6 Å². The Kier molecular flexibility index (Phi) is 5.14. The summed E-state index contributed by atoms with van der Waals surface area (Å²) in [6.45, 7) is 3.07. The van der Waals surface area contributed by atoms with Gasteiger partial charge in [0.2, 0.25) is 5.56 Å². The predicted molar refractivity (Wildman–Crippen MR) is 94.0 cm³/mol. The summed E-state index contributed by atoms with van der Waals surface area (Å²) in [4.78, 5) is 27.6. The van der Waals surface area contributed by atoms with Crippen LogP contribution in [0.5, 0.6) is 0 Å². The molecule has 1 fully saturated rings. The zero-order valence-corrected chi connectivity index (χ0v) is 14.1. The molecule has 1 aromatic carbocycles. The van der Waals surface area contributed by atoms with Crippen LogP contribution < -0.4 is 10.9 Å². The average molecular weight is 344 g/mol. The molecule has 1 N–H and O–H groups in total. The third-order valence-corrected chi connectivity index (χ3v) is 4.35. The third-order valence-electron chi connectivity index (χ3n) is 4.35. The number of nitrogens with one attached hydrogen (secondary N) is 1. The zero-order chi connectivity index (χ0) is 17.8. The molecule has 0 unspecified atom stereocenters. The summed E-state index contributed by atoms with van der Waals surface area (Å²) in [5.41, 5.74) is 1.13. The van der Waals surface area contributed by atoms with E-state index in [0.29, 0.717) is 44.0 Å². The van der Waals surface area contributed by atoms with Crippen molar-refractivity contribution >= 4 is 11.7 Å². The fourth-order valence-electron chi connectivity index (χ4n) is 2.85. The van der Waals surface area contributed by atoms with Crippen molar-refractivity contribution in [3.05, 3.63) is 64.3 Å². The van der Waals surface area contributed by atoms with Gasteiger partial charge in [0.1, 0.15) is 5.82 Å². The Morgan fingerprint density at radius 2 is 1.84 bits per heavy atom. The van der Waals surface area contributed by atoms with E-state index in [0.717, 1.165) is 0 Å². The molecule has 2 heterocycles. The molecule has 3 rings (SSSR count). The number of halogens is 1. The maximum atomic E-state index is 13.7. The van der Waals surface area contributed by atoms with Gasteiger partial charge in [0, 0.05) is 57.6 Å². The summed E-state index contributed by atoms with van der Waals surface area (Å²) in [5, 5.41) is 2.80. The number of carbonyl (C=O) groups is 1. The van der Waals surface area contributed by atoms with Gasteiger partial charge in [-0.1, -0.05) is 18.2 Å². The van der Waals surface area contributed by atoms with Crippen molar-refractivity contribution < 1.29 is 9.18 Å². The molecule has 0 spiro atoms. The highest BCUT2D eigenvalue weighted by molar-refractivity contribution is 5.89. The van der Waals surface area contributed by atoms with Crippen molar-refractivity contribution in [1.29, 1.82) is 0 Å². The second kappa shape index (κ2) is 7.48. The number of hydrogen-bond acceptors (Lipinski definition) is 3. The number of piperazine rings is 1. The first-order valence-corrected chi connectivity index (χ1v) is 8.21. The highest BCUT2D eigenvalue weighted by Crippen LogP contribution is 2.13. The number of aryl methyl sites for hydroxylation is 1. The molecule has 0 aliphatic carbocycles. The van der Waals surface area contributed by atoms with E-state index >= 15 is 0 Å². The molecule has 0 atom stereocenters. The molecule has 0 saturated carbocycles. The number of hydrogen-bond donors (Lipinski definition) is 1. The van der Waals surface area contributed by atoms with Crippen LogP contribution in [0.4, 0.5) is 14.9 Å². The molecule has 1 aliphatic rings. The number of rotatable bonds is 3. The average Bonchev–Trinajstić information content (AvgIpc) is 2.61. The fourth-order valence-corrected chi connectivity index (χ4v) is 2.85. The summed E-state index contributed by atoms with van der Waals surface area (Å²) in [6, 6.07) is 9.58. The summed E-state index contributed by atoms with van der Waals surface area (Å²) >= 11 is 0. The van der Waals surface area contributed by atoms with Crippen LogP contribution in [0, 0.1) is 5.82 Å². The summed E-state index contributed by atoms with van der Waals surface area (Å²) in [7, 11) is 1.64. The minimum atomic E-state index is -0.197. The number of nitrogens with zero attached hydrogens (tertiary/aromatic N) is 3. The number of amides is 2. The first-order chi connectivity index (χ1) is 12.0. The molecule has 7 heteroatoms. The molecule has 0 bridgehead atoms. The smallest absolute Gasteiger partial charge is 0.321 e. The Balaban J connectivity index is 1.53. The number of benzene rings is 1. The Hall–Kier alpha value is -2.67. The van der Waals surface area contributed by atoms with Gasteiger partial charge in [-0.05, 0) is 12.1 Å². The molecule has 0 radical (unpaired) electrons. The van der Waals surface area contributed by atoms with Crippen LogP contribution in [0.2, 0.25) is 0 Å². The van der Waals surface area contributed by atoms with Crippen molar-refractivity contribution in [3.63, 3.8) is 0 Å². The van der Waals surface area contributed by atoms with Gasteiger partial charge in [0.25, 0.3) is 0 Å². The Morgan fingerprint density at radius 3 is 2.52 bits per heavy atom. The summed E-state index contributed by atoms with van der Waals surface area (Å²) in [5.74, 6) is -0.197. The molecular formula is C18H21FN4O2. The lowest BCUT2D eigenvalue weighted by Crippen LogP contribution is -2.49. The number of carbonyl (C=O) groups excluding carboxylic acids is 1. The maximum absolute atomic E-state index is 13.7. The number of aromatic nitrogens is 1. The lowest BCUT2D eigenvalue weighted by Gasteiger charge is -2.34. The zero-order valence-electron chi connectivity index (χ0n) is 14.1. The van der Waals surface area contributed by atoms with Crippen LogP contribution >= 0.6 is 0 Å². The maximum Gasteiger partial charge on any atom is 0.321 e. The van der Waals surface area contributed by atoms with E-state index in [1.54, 1.807) is 36.3 Å². The first-order valence-electron chi connectivity index (χ1n) is 8.21. The largest absolute Gasteiger partial charge is 0.322 e.